The zero-order valence-corrected chi connectivity index (χ0v) is 11.7. The monoisotopic (exact) mass is 268 g/mol. The Morgan fingerprint density at radius 2 is 1.60 bits per heavy atom. The van der Waals surface area contributed by atoms with Gasteiger partial charge in [-0.05, 0) is 41.8 Å². The molecule has 0 aliphatic heterocycles. The van der Waals surface area contributed by atoms with Gasteiger partial charge in [-0.25, -0.2) is 0 Å². The average molecular weight is 268 g/mol. The first kappa shape index (κ1) is 14.3. The van der Waals surface area contributed by atoms with E-state index in [1.807, 2.05) is 24.3 Å². The molecule has 3 heteroatoms. The molecule has 0 aromatic heterocycles. The molecule has 3 N–H and O–H groups in total. The lowest BCUT2D eigenvalue weighted by Crippen LogP contribution is -2.12. The Morgan fingerprint density at radius 1 is 1.00 bits per heavy atom. The topological polar surface area (TPSA) is 55.1 Å². The minimum absolute atomic E-state index is 0.100. The molecule has 104 valence electrons. The molecule has 1 amide bonds. The number of carbonyl (C=O) groups excluding carboxylic acids is 1. The Kier molecular flexibility index (Phi) is 4.91. The van der Waals surface area contributed by atoms with Crippen LogP contribution in [0, 0.1) is 0 Å². The summed E-state index contributed by atoms with van der Waals surface area (Å²) in [7, 11) is 0. The van der Waals surface area contributed by atoms with Gasteiger partial charge < -0.3 is 11.1 Å². The molecule has 0 unspecified atom stereocenters. The molecule has 0 atom stereocenters. The van der Waals surface area contributed by atoms with E-state index in [1.165, 1.54) is 5.56 Å². The maximum Gasteiger partial charge on any atom is 0.255 e. The standard InChI is InChI=1S/C17H20N2O/c1-2-3-13-6-10-16(11-7-13)19-17(20)15-8-4-14(12-18)5-9-15/h4-11H,2-3,12,18H2,1H3,(H,19,20). The summed E-state index contributed by atoms with van der Waals surface area (Å²) in [5.41, 5.74) is 9.30. The molecule has 0 fully saturated rings. The van der Waals surface area contributed by atoms with Crippen molar-refractivity contribution in [1.82, 2.24) is 0 Å². The lowest BCUT2D eigenvalue weighted by Gasteiger charge is -2.07. The number of anilines is 1. The highest BCUT2D eigenvalue weighted by molar-refractivity contribution is 6.04. The summed E-state index contributed by atoms with van der Waals surface area (Å²) in [5.74, 6) is -0.100. The van der Waals surface area contributed by atoms with E-state index >= 15 is 0 Å². The minimum Gasteiger partial charge on any atom is -0.326 e. The second kappa shape index (κ2) is 6.87. The number of amides is 1. The van der Waals surface area contributed by atoms with Crippen molar-refractivity contribution in [2.24, 2.45) is 5.73 Å². The van der Waals surface area contributed by atoms with Crippen LogP contribution in [-0.4, -0.2) is 5.91 Å². The van der Waals surface area contributed by atoms with Crippen molar-refractivity contribution in [3.05, 3.63) is 65.2 Å². The van der Waals surface area contributed by atoms with Crippen LogP contribution in [0.4, 0.5) is 5.69 Å². The van der Waals surface area contributed by atoms with Gasteiger partial charge in [0.2, 0.25) is 0 Å². The Balaban J connectivity index is 2.02. The SMILES string of the molecule is CCCc1ccc(NC(=O)c2ccc(CN)cc2)cc1. The second-order valence-corrected chi connectivity index (χ2v) is 4.80. The quantitative estimate of drug-likeness (QED) is 0.873. The predicted molar refractivity (Wildman–Crippen MR) is 82.7 cm³/mol. The number of hydrogen-bond donors (Lipinski definition) is 2. The molecule has 2 aromatic rings. The number of carbonyl (C=O) groups is 1. The number of hydrogen-bond acceptors (Lipinski definition) is 2. The molecule has 0 saturated carbocycles. The Labute approximate surface area is 119 Å². The molecular weight excluding hydrogens is 248 g/mol. The van der Waals surface area contributed by atoms with Crippen LogP contribution >= 0.6 is 0 Å². The van der Waals surface area contributed by atoms with Gasteiger partial charge in [0.15, 0.2) is 0 Å². The van der Waals surface area contributed by atoms with E-state index < -0.39 is 0 Å². The fourth-order valence-corrected chi connectivity index (χ4v) is 2.04. The summed E-state index contributed by atoms with van der Waals surface area (Å²) in [6.07, 6.45) is 2.19. The zero-order chi connectivity index (χ0) is 14.4. The van der Waals surface area contributed by atoms with Crippen LogP contribution < -0.4 is 11.1 Å². The fraction of sp³-hybridized carbons (Fsp3) is 0.235. The molecular formula is C17H20N2O. The number of rotatable bonds is 5. The second-order valence-electron chi connectivity index (χ2n) is 4.80. The van der Waals surface area contributed by atoms with Crippen LogP contribution in [0.5, 0.6) is 0 Å². The number of nitrogens with one attached hydrogen (secondary N) is 1. The van der Waals surface area contributed by atoms with Gasteiger partial charge in [0.05, 0.1) is 0 Å². The molecule has 0 heterocycles. The summed E-state index contributed by atoms with van der Waals surface area (Å²) in [6, 6.07) is 15.3. The minimum atomic E-state index is -0.100. The average Bonchev–Trinajstić information content (AvgIpc) is 2.49. The molecule has 0 bridgehead atoms. The third kappa shape index (κ3) is 3.68. The van der Waals surface area contributed by atoms with Crippen molar-refractivity contribution in [3.8, 4) is 0 Å². The Morgan fingerprint density at radius 3 is 2.15 bits per heavy atom. The number of benzene rings is 2. The van der Waals surface area contributed by atoms with Gasteiger partial charge in [0, 0.05) is 17.8 Å². The molecule has 0 saturated heterocycles. The van der Waals surface area contributed by atoms with Gasteiger partial charge in [0.1, 0.15) is 0 Å². The van der Waals surface area contributed by atoms with Crippen LogP contribution in [0.3, 0.4) is 0 Å². The number of aryl methyl sites for hydroxylation is 1. The third-order valence-electron chi connectivity index (χ3n) is 3.20. The van der Waals surface area contributed by atoms with Crippen molar-refractivity contribution >= 4 is 11.6 Å². The summed E-state index contributed by atoms with van der Waals surface area (Å²) in [6.45, 7) is 2.64. The molecule has 3 nitrogen and oxygen atoms in total. The molecule has 0 aliphatic carbocycles. The summed E-state index contributed by atoms with van der Waals surface area (Å²) < 4.78 is 0. The van der Waals surface area contributed by atoms with Crippen molar-refractivity contribution in [3.63, 3.8) is 0 Å². The Hall–Kier alpha value is -2.13. The van der Waals surface area contributed by atoms with E-state index in [9.17, 15) is 4.79 Å². The predicted octanol–water partition coefficient (Wildman–Crippen LogP) is 3.35. The molecule has 0 radical (unpaired) electrons. The molecule has 0 spiro atoms. The summed E-state index contributed by atoms with van der Waals surface area (Å²) >= 11 is 0. The maximum atomic E-state index is 12.1. The van der Waals surface area contributed by atoms with Gasteiger partial charge in [-0.15, -0.1) is 0 Å². The lowest BCUT2D eigenvalue weighted by molar-refractivity contribution is 0.102. The molecule has 2 aromatic carbocycles. The Bertz CT molecular complexity index is 559. The summed E-state index contributed by atoms with van der Waals surface area (Å²) in [5, 5.41) is 2.89. The highest BCUT2D eigenvalue weighted by atomic mass is 16.1. The van der Waals surface area contributed by atoms with Gasteiger partial charge >= 0.3 is 0 Å². The van der Waals surface area contributed by atoms with Crippen LogP contribution in [0.2, 0.25) is 0 Å². The van der Waals surface area contributed by atoms with Gasteiger partial charge in [-0.3, -0.25) is 4.79 Å². The van der Waals surface area contributed by atoms with Crippen LogP contribution in [0.25, 0.3) is 0 Å². The summed E-state index contributed by atoms with van der Waals surface area (Å²) in [4.78, 5) is 12.1. The van der Waals surface area contributed by atoms with Crippen LogP contribution in [-0.2, 0) is 13.0 Å². The van der Waals surface area contributed by atoms with Gasteiger partial charge in [-0.1, -0.05) is 37.6 Å². The van der Waals surface area contributed by atoms with Gasteiger partial charge in [-0.2, -0.15) is 0 Å². The van der Waals surface area contributed by atoms with E-state index in [-0.39, 0.29) is 5.91 Å². The van der Waals surface area contributed by atoms with Crippen LogP contribution in [0.15, 0.2) is 48.5 Å². The highest BCUT2D eigenvalue weighted by Gasteiger charge is 2.05. The van der Waals surface area contributed by atoms with E-state index in [2.05, 4.69) is 24.4 Å². The molecule has 0 aliphatic rings. The van der Waals surface area contributed by atoms with Crippen molar-refractivity contribution in [2.45, 2.75) is 26.3 Å². The van der Waals surface area contributed by atoms with E-state index in [0.717, 1.165) is 24.1 Å². The van der Waals surface area contributed by atoms with E-state index in [1.54, 1.807) is 12.1 Å². The lowest BCUT2D eigenvalue weighted by atomic mass is 10.1. The highest BCUT2D eigenvalue weighted by Crippen LogP contribution is 2.13. The fourth-order valence-electron chi connectivity index (χ4n) is 2.04. The molecule has 20 heavy (non-hydrogen) atoms. The normalized spacial score (nSPS) is 10.3. The molecule has 2 rings (SSSR count). The first-order chi connectivity index (χ1) is 9.72. The number of nitrogens with two attached hydrogens (primary N) is 1. The van der Waals surface area contributed by atoms with E-state index in [4.69, 9.17) is 5.73 Å². The first-order valence-corrected chi connectivity index (χ1v) is 6.92. The first-order valence-electron chi connectivity index (χ1n) is 6.92. The van der Waals surface area contributed by atoms with Gasteiger partial charge in [0.25, 0.3) is 5.91 Å². The largest absolute Gasteiger partial charge is 0.326 e. The van der Waals surface area contributed by atoms with Crippen molar-refractivity contribution < 1.29 is 4.79 Å². The maximum absolute atomic E-state index is 12.1. The van der Waals surface area contributed by atoms with Crippen LogP contribution in [0.1, 0.15) is 34.8 Å². The third-order valence-corrected chi connectivity index (χ3v) is 3.20. The smallest absolute Gasteiger partial charge is 0.255 e. The van der Waals surface area contributed by atoms with Crippen molar-refractivity contribution in [1.29, 1.82) is 0 Å². The van der Waals surface area contributed by atoms with Crippen molar-refractivity contribution in [2.75, 3.05) is 5.32 Å². The zero-order valence-electron chi connectivity index (χ0n) is 11.7. The van der Waals surface area contributed by atoms with E-state index in [0.29, 0.717) is 12.1 Å².